The van der Waals surface area contributed by atoms with Crippen LogP contribution in [0.15, 0.2) is 0 Å². The zero-order valence-corrected chi connectivity index (χ0v) is 15.5. The fraction of sp³-hybridized carbons (Fsp3) is 0.688. The van der Waals surface area contributed by atoms with Gasteiger partial charge in [-0.3, -0.25) is 20.1 Å². The Balaban J connectivity index is 2.20. The van der Waals surface area contributed by atoms with E-state index in [9.17, 15) is 29.1 Å². The summed E-state index contributed by atoms with van der Waals surface area (Å²) in [4.78, 5) is 63.0. The normalized spacial score (nSPS) is 35.7. The van der Waals surface area contributed by atoms with Gasteiger partial charge in [-0.1, -0.05) is 0 Å². The molecule has 3 N–H and O–H groups in total. The third-order valence-corrected chi connectivity index (χ3v) is 4.43. The number of likely N-dealkylation sites (tertiary alicyclic amines) is 1. The minimum atomic E-state index is -2.96. The maximum Gasteiger partial charge on any atom is 0.416 e. The molecule has 154 valence electrons. The number of rotatable bonds is 0. The van der Waals surface area contributed by atoms with Gasteiger partial charge < -0.3 is 24.1 Å². The van der Waals surface area contributed by atoms with Gasteiger partial charge in [0.05, 0.1) is 12.8 Å². The van der Waals surface area contributed by atoms with Crippen LogP contribution in [-0.2, 0) is 38.1 Å². The van der Waals surface area contributed by atoms with Crippen LogP contribution in [0.4, 0.5) is 4.79 Å². The highest BCUT2D eigenvalue weighted by atomic mass is 16.8. The van der Waals surface area contributed by atoms with Gasteiger partial charge in [-0.05, 0) is 20.8 Å². The topological polar surface area (TPSA) is 172 Å². The zero-order valence-electron chi connectivity index (χ0n) is 15.5. The van der Waals surface area contributed by atoms with Crippen LogP contribution in [-0.4, -0.2) is 69.2 Å². The molecule has 3 unspecified atom stereocenters. The lowest BCUT2D eigenvalue weighted by Crippen LogP contribution is -2.81. The van der Waals surface area contributed by atoms with Crippen molar-refractivity contribution in [1.82, 2.24) is 4.90 Å². The lowest BCUT2D eigenvalue weighted by atomic mass is 9.92. The summed E-state index contributed by atoms with van der Waals surface area (Å²) in [5.41, 5.74) is -0.456. The predicted molar refractivity (Wildman–Crippen MR) is 84.7 cm³/mol. The molecule has 12 heteroatoms. The molecule has 3 atom stereocenters. The van der Waals surface area contributed by atoms with Crippen LogP contribution in [0.25, 0.3) is 0 Å². The van der Waals surface area contributed by atoms with Crippen molar-refractivity contribution in [3.05, 3.63) is 0 Å². The summed E-state index contributed by atoms with van der Waals surface area (Å²) in [6.07, 6.45) is -3.49. The molecule has 3 rings (SSSR count). The van der Waals surface area contributed by atoms with Crippen molar-refractivity contribution in [2.75, 3.05) is 6.54 Å². The van der Waals surface area contributed by atoms with Crippen molar-refractivity contribution in [2.45, 2.75) is 62.9 Å². The number of carbonyl (C=O) groups is 5. The number of Topliss-reactive ketones (excluding diaryl/α,β-unsaturated/α-hetero) is 1. The largest absolute Gasteiger partial charge is 0.444 e. The molecular weight excluding hydrogens is 380 g/mol. The first-order valence-electron chi connectivity index (χ1n) is 8.45. The molecule has 2 bridgehead atoms. The summed E-state index contributed by atoms with van der Waals surface area (Å²) < 4.78 is 20.5. The van der Waals surface area contributed by atoms with E-state index in [4.69, 9.17) is 24.7 Å². The van der Waals surface area contributed by atoms with E-state index in [1.54, 1.807) is 20.8 Å². The van der Waals surface area contributed by atoms with Crippen molar-refractivity contribution >= 4 is 29.8 Å². The molecule has 0 aliphatic carbocycles. The summed E-state index contributed by atoms with van der Waals surface area (Å²) in [7, 11) is 0. The molecule has 3 saturated heterocycles. The zero-order chi connectivity index (χ0) is 21.1. The van der Waals surface area contributed by atoms with E-state index in [0.29, 0.717) is 4.90 Å². The van der Waals surface area contributed by atoms with Gasteiger partial charge in [-0.15, -0.1) is 0 Å². The van der Waals surface area contributed by atoms with Crippen molar-refractivity contribution in [3.8, 4) is 0 Å². The highest BCUT2D eigenvalue weighted by Crippen LogP contribution is 2.44. The molecule has 3 fully saturated rings. The monoisotopic (exact) mass is 400 g/mol. The minimum Gasteiger partial charge on any atom is -0.444 e. The first-order valence-corrected chi connectivity index (χ1v) is 8.45. The van der Waals surface area contributed by atoms with E-state index in [-0.39, 0.29) is 0 Å². The van der Waals surface area contributed by atoms with E-state index in [1.807, 2.05) is 0 Å². The van der Waals surface area contributed by atoms with Gasteiger partial charge in [0.2, 0.25) is 5.78 Å². The lowest BCUT2D eigenvalue weighted by molar-refractivity contribution is -0.346. The Morgan fingerprint density at radius 1 is 1.11 bits per heavy atom. The van der Waals surface area contributed by atoms with E-state index in [0.717, 1.165) is 0 Å². The van der Waals surface area contributed by atoms with E-state index in [2.05, 4.69) is 0 Å². The average molecular weight is 400 g/mol. The molecular formula is C16H20N2O10. The molecule has 28 heavy (non-hydrogen) atoms. The lowest BCUT2D eigenvalue weighted by Gasteiger charge is -2.51. The number of amides is 1. The first-order chi connectivity index (χ1) is 12.7. The summed E-state index contributed by atoms with van der Waals surface area (Å²) in [6.45, 7) is 4.24. The summed E-state index contributed by atoms with van der Waals surface area (Å²) in [6, 6.07) is 0. The Morgan fingerprint density at radius 3 is 2.25 bits per heavy atom. The number of carbonyl (C=O) groups excluding carboxylic acids is 5. The Hall–Kier alpha value is -2.73. The molecule has 1 amide bonds. The van der Waals surface area contributed by atoms with Gasteiger partial charge in [0.15, 0.2) is 5.60 Å². The number of hydrogen-bond donors (Lipinski definition) is 2. The van der Waals surface area contributed by atoms with Crippen LogP contribution < -0.4 is 5.73 Å². The smallest absolute Gasteiger partial charge is 0.416 e. The molecule has 0 radical (unpaired) electrons. The fourth-order valence-electron chi connectivity index (χ4n) is 3.17. The van der Waals surface area contributed by atoms with Gasteiger partial charge in [-0.2, -0.15) is 0 Å². The predicted octanol–water partition coefficient (Wildman–Crippen LogP) is -1.33. The Labute approximate surface area is 158 Å². The van der Waals surface area contributed by atoms with Crippen LogP contribution >= 0.6 is 0 Å². The van der Waals surface area contributed by atoms with Crippen molar-refractivity contribution < 1.29 is 48.0 Å². The number of fused-ring (bicyclic) bond motifs is 2. The Kier molecular flexibility index (Phi) is 4.20. The number of piperidine rings is 1. The SMILES string of the molecule is CC(C)(C)OC(=O)N1CCC(=O)C2(N)OC(=O)CC3(O)CC(=O)OC12OC3=O. The number of nitrogens with two attached hydrogens (primary N) is 1. The maximum absolute atomic E-state index is 12.7. The summed E-state index contributed by atoms with van der Waals surface area (Å²) in [5, 5.41) is 10.4. The highest BCUT2D eigenvalue weighted by molar-refractivity contribution is 5.98. The Bertz CT molecular complexity index is 789. The van der Waals surface area contributed by atoms with Gasteiger partial charge in [-0.25, -0.2) is 14.5 Å². The summed E-state index contributed by atoms with van der Waals surface area (Å²) in [5.74, 6) is -7.85. The summed E-state index contributed by atoms with van der Waals surface area (Å²) >= 11 is 0. The van der Waals surface area contributed by atoms with E-state index in [1.165, 1.54) is 0 Å². The van der Waals surface area contributed by atoms with Crippen LogP contribution in [0.3, 0.4) is 0 Å². The molecule has 0 aromatic rings. The average Bonchev–Trinajstić information content (AvgIpc) is 2.56. The minimum absolute atomic E-state index is 0.399. The molecule has 0 aromatic heterocycles. The number of hydrogen-bond acceptors (Lipinski definition) is 11. The Morgan fingerprint density at radius 2 is 1.68 bits per heavy atom. The first kappa shape index (κ1) is 20.0. The number of ketones is 1. The number of nitrogens with zero attached hydrogens (tertiary/aromatic N) is 1. The van der Waals surface area contributed by atoms with Gasteiger partial charge in [0.25, 0.3) is 0 Å². The molecule has 1 spiro atoms. The molecule has 3 aliphatic heterocycles. The van der Waals surface area contributed by atoms with Gasteiger partial charge >= 0.3 is 35.6 Å². The second-order valence-corrected chi connectivity index (χ2v) is 7.85. The quantitative estimate of drug-likeness (QED) is 0.364. The fourth-order valence-corrected chi connectivity index (χ4v) is 3.17. The van der Waals surface area contributed by atoms with E-state index < -0.39 is 78.4 Å². The van der Waals surface area contributed by atoms with Crippen LogP contribution in [0.5, 0.6) is 0 Å². The molecule has 3 heterocycles. The van der Waals surface area contributed by atoms with Crippen molar-refractivity contribution in [1.29, 1.82) is 0 Å². The number of esters is 3. The second-order valence-electron chi connectivity index (χ2n) is 7.85. The van der Waals surface area contributed by atoms with Gasteiger partial charge in [0.1, 0.15) is 5.60 Å². The number of aliphatic hydroxyl groups is 1. The van der Waals surface area contributed by atoms with Crippen LogP contribution in [0.1, 0.15) is 40.0 Å². The standard InChI is InChI=1S/C16H20N2O10/c1-13(2,3)28-12(23)18-5-4-8(19)15(17)16(18)26-10(21)7-14(24,11(22)27-16)6-9(20)25-15/h24H,4-7,17H2,1-3H3. The third-order valence-electron chi connectivity index (χ3n) is 4.43. The van der Waals surface area contributed by atoms with E-state index >= 15 is 0 Å². The van der Waals surface area contributed by atoms with Crippen molar-refractivity contribution in [3.63, 3.8) is 0 Å². The number of ether oxygens (including phenoxy) is 4. The molecule has 3 aliphatic rings. The van der Waals surface area contributed by atoms with Crippen molar-refractivity contribution in [2.24, 2.45) is 5.73 Å². The highest BCUT2D eigenvalue weighted by Gasteiger charge is 2.75. The molecule has 0 saturated carbocycles. The molecule has 0 aromatic carbocycles. The van der Waals surface area contributed by atoms with Crippen LogP contribution in [0, 0.1) is 0 Å². The maximum atomic E-state index is 12.7. The van der Waals surface area contributed by atoms with Crippen LogP contribution in [0.2, 0.25) is 0 Å². The third kappa shape index (κ3) is 2.88. The van der Waals surface area contributed by atoms with Gasteiger partial charge in [0, 0.05) is 13.0 Å². The second kappa shape index (κ2) is 5.88. The molecule has 12 nitrogen and oxygen atoms in total.